The van der Waals surface area contributed by atoms with Crippen LogP contribution < -0.4 is 0 Å². The van der Waals surface area contributed by atoms with E-state index in [-0.39, 0.29) is 11.9 Å². The van der Waals surface area contributed by atoms with Crippen LogP contribution in [-0.2, 0) is 4.79 Å². The fourth-order valence-corrected chi connectivity index (χ4v) is 1.68. The SMILES string of the molecule is CCC(C(=O)O)N(C)C(=O)N(CC)CC(C)C#N. The molecule has 0 heterocycles. The molecule has 0 saturated heterocycles. The summed E-state index contributed by atoms with van der Waals surface area (Å²) in [5.41, 5.74) is 0. The highest BCUT2D eigenvalue weighted by molar-refractivity contribution is 5.82. The molecule has 1 N–H and O–H groups in total. The Morgan fingerprint density at radius 1 is 1.39 bits per heavy atom. The molecule has 0 aromatic carbocycles. The molecule has 0 rings (SSSR count). The van der Waals surface area contributed by atoms with Crippen molar-refractivity contribution >= 4 is 12.0 Å². The highest BCUT2D eigenvalue weighted by atomic mass is 16.4. The highest BCUT2D eigenvalue weighted by Crippen LogP contribution is 2.08. The van der Waals surface area contributed by atoms with Crippen molar-refractivity contribution in [2.75, 3.05) is 20.1 Å². The molecule has 0 aliphatic carbocycles. The lowest BCUT2D eigenvalue weighted by molar-refractivity contribution is -0.142. The molecule has 0 aromatic heterocycles. The molecule has 0 aliphatic rings. The molecule has 0 aliphatic heterocycles. The van der Waals surface area contributed by atoms with E-state index in [1.54, 1.807) is 20.8 Å². The quantitative estimate of drug-likeness (QED) is 0.777. The third-order valence-corrected chi connectivity index (χ3v) is 2.81. The summed E-state index contributed by atoms with van der Waals surface area (Å²) >= 11 is 0. The Labute approximate surface area is 108 Å². The molecule has 0 bridgehead atoms. The molecule has 0 spiro atoms. The van der Waals surface area contributed by atoms with Gasteiger partial charge in [-0.15, -0.1) is 0 Å². The van der Waals surface area contributed by atoms with E-state index in [0.717, 1.165) is 0 Å². The smallest absolute Gasteiger partial charge is 0.326 e. The third kappa shape index (κ3) is 4.24. The van der Waals surface area contributed by atoms with Gasteiger partial charge in [0.25, 0.3) is 0 Å². The summed E-state index contributed by atoms with van der Waals surface area (Å²) in [5, 5.41) is 17.8. The van der Waals surface area contributed by atoms with Crippen LogP contribution in [0.4, 0.5) is 4.79 Å². The Hall–Kier alpha value is -1.77. The minimum atomic E-state index is -1.02. The lowest BCUT2D eigenvalue weighted by atomic mass is 10.2. The van der Waals surface area contributed by atoms with E-state index in [1.807, 2.05) is 0 Å². The zero-order valence-corrected chi connectivity index (χ0v) is 11.4. The standard InChI is InChI=1S/C12H21N3O3/c1-5-10(11(16)17)14(4)12(18)15(6-2)8-9(3)7-13/h9-10H,5-6,8H2,1-4H3,(H,16,17). The lowest BCUT2D eigenvalue weighted by Crippen LogP contribution is -2.49. The second kappa shape index (κ2) is 7.54. The fraction of sp³-hybridized carbons (Fsp3) is 0.750. The first-order valence-electron chi connectivity index (χ1n) is 6.03. The summed E-state index contributed by atoms with van der Waals surface area (Å²) in [6.07, 6.45) is 0.350. The van der Waals surface area contributed by atoms with Crippen molar-refractivity contribution in [2.45, 2.75) is 33.2 Å². The van der Waals surface area contributed by atoms with Gasteiger partial charge in [-0.25, -0.2) is 9.59 Å². The monoisotopic (exact) mass is 255 g/mol. The number of likely N-dealkylation sites (N-methyl/N-ethyl adjacent to an activating group) is 1. The molecular weight excluding hydrogens is 234 g/mol. The molecule has 18 heavy (non-hydrogen) atoms. The van der Waals surface area contributed by atoms with Crippen LogP contribution in [0.5, 0.6) is 0 Å². The van der Waals surface area contributed by atoms with Gasteiger partial charge < -0.3 is 14.9 Å². The van der Waals surface area contributed by atoms with Gasteiger partial charge in [-0.3, -0.25) is 0 Å². The summed E-state index contributed by atoms with van der Waals surface area (Å²) < 4.78 is 0. The zero-order chi connectivity index (χ0) is 14.3. The van der Waals surface area contributed by atoms with Gasteiger partial charge in [0.15, 0.2) is 0 Å². The van der Waals surface area contributed by atoms with E-state index in [0.29, 0.717) is 19.5 Å². The van der Waals surface area contributed by atoms with Gasteiger partial charge >= 0.3 is 12.0 Å². The summed E-state index contributed by atoms with van der Waals surface area (Å²) in [6, 6.07) is 0.878. The molecule has 2 unspecified atom stereocenters. The van der Waals surface area contributed by atoms with Gasteiger partial charge in [0.1, 0.15) is 6.04 Å². The summed E-state index contributed by atoms with van der Waals surface area (Å²) in [4.78, 5) is 25.8. The van der Waals surface area contributed by atoms with Crippen LogP contribution in [0.15, 0.2) is 0 Å². The zero-order valence-electron chi connectivity index (χ0n) is 11.4. The number of nitrogens with zero attached hydrogens (tertiary/aromatic N) is 3. The van der Waals surface area contributed by atoms with Gasteiger partial charge in [-0.2, -0.15) is 5.26 Å². The maximum Gasteiger partial charge on any atom is 0.326 e. The average molecular weight is 255 g/mol. The van der Waals surface area contributed by atoms with E-state index in [9.17, 15) is 9.59 Å². The molecule has 0 aromatic rings. The number of hydrogen-bond donors (Lipinski definition) is 1. The maximum atomic E-state index is 12.1. The predicted octanol–water partition coefficient (Wildman–Crippen LogP) is 1.38. The van der Waals surface area contributed by atoms with Crippen molar-refractivity contribution in [1.82, 2.24) is 9.80 Å². The molecule has 0 radical (unpaired) electrons. The lowest BCUT2D eigenvalue weighted by Gasteiger charge is -2.31. The Morgan fingerprint density at radius 3 is 2.28 bits per heavy atom. The average Bonchev–Trinajstić information content (AvgIpc) is 2.34. The van der Waals surface area contributed by atoms with Gasteiger partial charge in [0.2, 0.25) is 0 Å². The Morgan fingerprint density at radius 2 is 1.94 bits per heavy atom. The van der Waals surface area contributed by atoms with Crippen molar-refractivity contribution in [3.05, 3.63) is 0 Å². The molecule has 0 fully saturated rings. The Bertz CT molecular complexity index is 338. The first-order chi connectivity index (χ1) is 8.38. The second-order valence-electron chi connectivity index (χ2n) is 4.22. The molecule has 0 saturated carbocycles. The normalized spacial score (nSPS) is 13.3. The topological polar surface area (TPSA) is 84.6 Å². The van der Waals surface area contributed by atoms with E-state index >= 15 is 0 Å². The largest absolute Gasteiger partial charge is 0.480 e. The number of carboxylic acids is 1. The van der Waals surface area contributed by atoms with E-state index in [1.165, 1.54) is 16.8 Å². The minimum Gasteiger partial charge on any atom is -0.480 e. The molecule has 2 atom stereocenters. The molecule has 2 amide bonds. The van der Waals surface area contributed by atoms with Crippen LogP contribution in [0.1, 0.15) is 27.2 Å². The van der Waals surface area contributed by atoms with E-state index in [4.69, 9.17) is 10.4 Å². The van der Waals surface area contributed by atoms with Gasteiger partial charge in [-0.1, -0.05) is 6.92 Å². The number of urea groups is 1. The maximum absolute atomic E-state index is 12.1. The molecule has 102 valence electrons. The second-order valence-corrected chi connectivity index (χ2v) is 4.22. The number of rotatable bonds is 6. The van der Waals surface area contributed by atoms with E-state index in [2.05, 4.69) is 6.07 Å². The van der Waals surface area contributed by atoms with Crippen molar-refractivity contribution in [3.63, 3.8) is 0 Å². The molecule has 6 heteroatoms. The van der Waals surface area contributed by atoms with Crippen LogP contribution >= 0.6 is 0 Å². The summed E-state index contributed by atoms with van der Waals surface area (Å²) in [7, 11) is 1.48. The number of nitriles is 1. The molecular formula is C12H21N3O3. The third-order valence-electron chi connectivity index (χ3n) is 2.81. The number of amides is 2. The predicted molar refractivity (Wildman–Crippen MR) is 66.9 cm³/mol. The number of carboxylic acid groups (broad SMARTS) is 1. The fourth-order valence-electron chi connectivity index (χ4n) is 1.68. The van der Waals surface area contributed by atoms with Crippen LogP contribution in [0.2, 0.25) is 0 Å². The van der Waals surface area contributed by atoms with Crippen molar-refractivity contribution in [1.29, 1.82) is 5.26 Å². The van der Waals surface area contributed by atoms with Crippen LogP contribution in [-0.4, -0.2) is 53.1 Å². The number of aliphatic carboxylic acids is 1. The highest BCUT2D eigenvalue weighted by Gasteiger charge is 2.28. The number of carbonyl (C=O) groups is 2. The Balaban J connectivity index is 4.78. The van der Waals surface area contributed by atoms with Crippen molar-refractivity contribution in [2.24, 2.45) is 5.92 Å². The van der Waals surface area contributed by atoms with Crippen molar-refractivity contribution < 1.29 is 14.7 Å². The summed E-state index contributed by atoms with van der Waals surface area (Å²) in [6.45, 7) is 6.01. The first-order valence-corrected chi connectivity index (χ1v) is 6.03. The summed E-state index contributed by atoms with van der Waals surface area (Å²) in [5.74, 6) is -1.29. The molecule has 6 nitrogen and oxygen atoms in total. The number of carbonyl (C=O) groups excluding carboxylic acids is 1. The van der Waals surface area contributed by atoms with Gasteiger partial charge in [0.05, 0.1) is 12.0 Å². The first kappa shape index (κ1) is 16.2. The van der Waals surface area contributed by atoms with Gasteiger partial charge in [0, 0.05) is 20.1 Å². The minimum absolute atomic E-state index is 0.271. The Kier molecular flexibility index (Phi) is 6.79. The van der Waals surface area contributed by atoms with Crippen LogP contribution in [0, 0.1) is 17.2 Å². The van der Waals surface area contributed by atoms with Crippen molar-refractivity contribution in [3.8, 4) is 6.07 Å². The van der Waals surface area contributed by atoms with Crippen LogP contribution in [0.3, 0.4) is 0 Å². The van der Waals surface area contributed by atoms with E-state index < -0.39 is 12.0 Å². The van der Waals surface area contributed by atoms with Gasteiger partial charge in [-0.05, 0) is 20.3 Å². The number of hydrogen-bond acceptors (Lipinski definition) is 3. The van der Waals surface area contributed by atoms with Crippen LogP contribution in [0.25, 0.3) is 0 Å².